The minimum Gasteiger partial charge on any atom is -0.319 e. The molecule has 1 aliphatic carbocycles. The Balaban J connectivity index is 2.21. The Morgan fingerprint density at radius 3 is 2.75 bits per heavy atom. The SMILES string of the molecule is CC1Cc2ccccc2C12NC(=O)NC2=O. The average molecular weight is 216 g/mol. The summed E-state index contributed by atoms with van der Waals surface area (Å²) < 4.78 is 0. The van der Waals surface area contributed by atoms with E-state index in [1.54, 1.807) is 0 Å². The zero-order valence-corrected chi connectivity index (χ0v) is 8.91. The molecule has 1 aromatic rings. The lowest BCUT2D eigenvalue weighted by atomic mass is 9.85. The molecule has 3 amide bonds. The molecule has 0 aromatic heterocycles. The minimum atomic E-state index is -0.840. The smallest absolute Gasteiger partial charge is 0.319 e. The summed E-state index contributed by atoms with van der Waals surface area (Å²) in [5.74, 6) is -0.133. The molecule has 1 spiro atoms. The van der Waals surface area contributed by atoms with Crippen molar-refractivity contribution < 1.29 is 9.59 Å². The number of rotatable bonds is 0. The van der Waals surface area contributed by atoms with Gasteiger partial charge in [-0.15, -0.1) is 0 Å². The molecule has 1 fully saturated rings. The van der Waals surface area contributed by atoms with Gasteiger partial charge in [0.25, 0.3) is 5.91 Å². The van der Waals surface area contributed by atoms with Crippen LogP contribution < -0.4 is 10.6 Å². The Morgan fingerprint density at radius 1 is 1.31 bits per heavy atom. The topological polar surface area (TPSA) is 58.2 Å². The van der Waals surface area contributed by atoms with E-state index in [9.17, 15) is 9.59 Å². The molecule has 82 valence electrons. The van der Waals surface area contributed by atoms with Crippen molar-refractivity contribution in [1.29, 1.82) is 0 Å². The normalized spacial score (nSPS) is 31.4. The van der Waals surface area contributed by atoms with Crippen LogP contribution in [-0.2, 0) is 16.8 Å². The summed E-state index contributed by atoms with van der Waals surface area (Å²) in [6.07, 6.45) is 0.823. The highest BCUT2D eigenvalue weighted by atomic mass is 16.2. The number of fused-ring (bicyclic) bond motifs is 2. The van der Waals surface area contributed by atoms with Crippen molar-refractivity contribution >= 4 is 11.9 Å². The van der Waals surface area contributed by atoms with Crippen LogP contribution in [0, 0.1) is 5.92 Å². The summed E-state index contributed by atoms with van der Waals surface area (Å²) in [5, 5.41) is 5.12. The van der Waals surface area contributed by atoms with Crippen molar-refractivity contribution in [1.82, 2.24) is 10.6 Å². The van der Waals surface area contributed by atoms with E-state index >= 15 is 0 Å². The molecule has 0 saturated carbocycles. The van der Waals surface area contributed by atoms with Crippen molar-refractivity contribution in [3.05, 3.63) is 35.4 Å². The number of benzene rings is 1. The highest BCUT2D eigenvalue weighted by Crippen LogP contribution is 2.42. The Labute approximate surface area is 93.0 Å². The summed E-state index contributed by atoms with van der Waals surface area (Å²) >= 11 is 0. The largest absolute Gasteiger partial charge is 0.322 e. The summed E-state index contributed by atoms with van der Waals surface area (Å²) in [6, 6.07) is 7.39. The van der Waals surface area contributed by atoms with Gasteiger partial charge < -0.3 is 5.32 Å². The van der Waals surface area contributed by atoms with Gasteiger partial charge in [-0.3, -0.25) is 10.1 Å². The quantitative estimate of drug-likeness (QED) is 0.633. The zero-order chi connectivity index (χ0) is 11.3. The monoisotopic (exact) mass is 216 g/mol. The van der Waals surface area contributed by atoms with E-state index in [0.29, 0.717) is 0 Å². The van der Waals surface area contributed by atoms with Gasteiger partial charge in [-0.25, -0.2) is 4.79 Å². The molecule has 2 atom stereocenters. The van der Waals surface area contributed by atoms with Gasteiger partial charge in [0.15, 0.2) is 0 Å². The molecule has 1 aliphatic heterocycles. The highest BCUT2D eigenvalue weighted by Gasteiger charge is 2.55. The van der Waals surface area contributed by atoms with Gasteiger partial charge in [0.05, 0.1) is 0 Å². The van der Waals surface area contributed by atoms with E-state index in [0.717, 1.165) is 17.5 Å². The van der Waals surface area contributed by atoms with Crippen molar-refractivity contribution in [2.45, 2.75) is 18.9 Å². The highest BCUT2D eigenvalue weighted by molar-refractivity contribution is 6.08. The van der Waals surface area contributed by atoms with E-state index in [-0.39, 0.29) is 11.8 Å². The Bertz CT molecular complexity index is 498. The number of urea groups is 1. The lowest BCUT2D eigenvalue weighted by molar-refractivity contribution is -0.125. The van der Waals surface area contributed by atoms with E-state index in [2.05, 4.69) is 10.6 Å². The summed E-state index contributed by atoms with van der Waals surface area (Å²) in [5.41, 5.74) is 1.24. The molecule has 16 heavy (non-hydrogen) atoms. The first-order valence-corrected chi connectivity index (χ1v) is 5.36. The van der Waals surface area contributed by atoms with Crippen LogP contribution >= 0.6 is 0 Å². The second kappa shape index (κ2) is 2.84. The van der Waals surface area contributed by atoms with Crippen LogP contribution in [0.5, 0.6) is 0 Å². The van der Waals surface area contributed by atoms with Crippen molar-refractivity contribution in [2.75, 3.05) is 0 Å². The van der Waals surface area contributed by atoms with Crippen molar-refractivity contribution in [2.24, 2.45) is 5.92 Å². The third kappa shape index (κ3) is 0.939. The predicted molar refractivity (Wildman–Crippen MR) is 57.7 cm³/mol. The molecule has 4 nitrogen and oxygen atoms in total. The molecule has 1 saturated heterocycles. The Morgan fingerprint density at radius 2 is 2.06 bits per heavy atom. The number of carbonyl (C=O) groups is 2. The molecule has 2 unspecified atom stereocenters. The van der Waals surface area contributed by atoms with Crippen molar-refractivity contribution in [3.63, 3.8) is 0 Å². The molecule has 1 aromatic carbocycles. The third-order valence-electron chi connectivity index (χ3n) is 3.60. The van der Waals surface area contributed by atoms with Gasteiger partial charge in [-0.1, -0.05) is 31.2 Å². The number of hydrogen-bond donors (Lipinski definition) is 2. The molecule has 4 heteroatoms. The first-order valence-electron chi connectivity index (χ1n) is 5.36. The number of carbonyl (C=O) groups excluding carboxylic acids is 2. The van der Waals surface area contributed by atoms with E-state index < -0.39 is 11.6 Å². The third-order valence-corrected chi connectivity index (χ3v) is 3.60. The van der Waals surface area contributed by atoms with Gasteiger partial charge in [-0.05, 0) is 23.5 Å². The fraction of sp³-hybridized carbons (Fsp3) is 0.333. The van der Waals surface area contributed by atoms with Crippen LogP contribution in [0.4, 0.5) is 4.79 Å². The van der Waals surface area contributed by atoms with Crippen LogP contribution in [0.25, 0.3) is 0 Å². The van der Waals surface area contributed by atoms with Gasteiger partial charge in [0.1, 0.15) is 5.54 Å². The first-order chi connectivity index (χ1) is 7.64. The molecule has 3 rings (SSSR count). The predicted octanol–water partition coefficient (Wildman–Crippen LogP) is 0.913. The maximum Gasteiger partial charge on any atom is 0.322 e. The van der Waals surface area contributed by atoms with Gasteiger partial charge in [0, 0.05) is 0 Å². The summed E-state index contributed by atoms with van der Waals surface area (Å²) in [4.78, 5) is 23.3. The molecular formula is C12H12N2O2. The summed E-state index contributed by atoms with van der Waals surface area (Å²) in [7, 11) is 0. The van der Waals surface area contributed by atoms with Crippen LogP contribution in [0.1, 0.15) is 18.1 Å². The number of hydrogen-bond acceptors (Lipinski definition) is 2. The van der Waals surface area contributed by atoms with E-state index in [1.165, 1.54) is 0 Å². The molecule has 2 aliphatic rings. The molecule has 0 radical (unpaired) electrons. The van der Waals surface area contributed by atoms with Crippen LogP contribution in [0.15, 0.2) is 24.3 Å². The number of amides is 3. The lowest BCUT2D eigenvalue weighted by Gasteiger charge is -2.26. The van der Waals surface area contributed by atoms with Gasteiger partial charge in [0.2, 0.25) is 0 Å². The maximum absolute atomic E-state index is 12.0. The van der Waals surface area contributed by atoms with E-state index in [4.69, 9.17) is 0 Å². The van der Waals surface area contributed by atoms with Crippen LogP contribution in [0.2, 0.25) is 0 Å². The van der Waals surface area contributed by atoms with Gasteiger partial charge >= 0.3 is 6.03 Å². The van der Waals surface area contributed by atoms with Crippen molar-refractivity contribution in [3.8, 4) is 0 Å². The van der Waals surface area contributed by atoms with Crippen LogP contribution in [0.3, 0.4) is 0 Å². The first kappa shape index (κ1) is 9.39. The fourth-order valence-electron chi connectivity index (χ4n) is 2.84. The minimum absolute atomic E-state index is 0.0938. The molecule has 2 N–H and O–H groups in total. The zero-order valence-electron chi connectivity index (χ0n) is 8.91. The molecule has 0 bridgehead atoms. The second-order valence-electron chi connectivity index (χ2n) is 4.48. The van der Waals surface area contributed by atoms with Gasteiger partial charge in [-0.2, -0.15) is 0 Å². The lowest BCUT2D eigenvalue weighted by Crippen LogP contribution is -2.46. The maximum atomic E-state index is 12.0. The molecule has 1 heterocycles. The number of imide groups is 1. The standard InChI is InChI=1S/C12H12N2O2/c1-7-6-8-4-2-3-5-9(8)12(7)10(15)13-11(16)14-12/h2-5,7H,6H2,1H3,(H2,13,14,15,16). The average Bonchev–Trinajstić information content (AvgIpc) is 2.69. The second-order valence-corrected chi connectivity index (χ2v) is 4.48. The Kier molecular flexibility index (Phi) is 1.67. The Hall–Kier alpha value is -1.84. The van der Waals surface area contributed by atoms with Crippen LogP contribution in [-0.4, -0.2) is 11.9 Å². The fourth-order valence-corrected chi connectivity index (χ4v) is 2.84. The van der Waals surface area contributed by atoms with E-state index in [1.807, 2.05) is 31.2 Å². The molecular weight excluding hydrogens is 204 g/mol. The summed E-state index contributed by atoms with van der Waals surface area (Å²) in [6.45, 7) is 1.99. The number of nitrogens with one attached hydrogen (secondary N) is 2.